The normalized spacial score (nSPS) is 11.1. The van der Waals surface area contributed by atoms with Crippen LogP contribution in [0.3, 0.4) is 0 Å². The topological polar surface area (TPSA) is 62.2 Å². The standard InChI is InChI=1S/C26H24Cl4N2O4/c1-2-36-32-25(18-7-4-3-5-8-18)19-9-10-24(31-17-19)34-12-6-13-35-26-21(27)15-20(16-22(26)28)33-14-11-23(29)30/h3-5,7-11,15-17H,2,6,12-14H2,1H3. The molecule has 2 aromatic carbocycles. The van der Waals surface area contributed by atoms with Crippen LogP contribution in [0, 0.1) is 0 Å². The van der Waals surface area contributed by atoms with Gasteiger partial charge in [0.25, 0.3) is 0 Å². The maximum atomic E-state index is 6.28. The molecule has 0 radical (unpaired) electrons. The minimum absolute atomic E-state index is 0.118. The second-order valence-electron chi connectivity index (χ2n) is 7.18. The quantitative estimate of drug-likeness (QED) is 0.120. The van der Waals surface area contributed by atoms with Gasteiger partial charge in [0, 0.05) is 41.9 Å². The Bertz CT molecular complexity index is 1150. The fraction of sp³-hybridized carbons (Fsp3) is 0.231. The number of oxime groups is 1. The van der Waals surface area contributed by atoms with E-state index in [1.54, 1.807) is 24.4 Å². The van der Waals surface area contributed by atoms with E-state index in [1.807, 2.05) is 43.3 Å². The predicted octanol–water partition coefficient (Wildman–Crippen LogP) is 7.72. The lowest BCUT2D eigenvalue weighted by Crippen LogP contribution is -2.08. The average Bonchev–Trinajstić information content (AvgIpc) is 2.87. The molecule has 6 nitrogen and oxygen atoms in total. The number of hydrogen-bond donors (Lipinski definition) is 0. The molecule has 0 amide bonds. The zero-order valence-corrected chi connectivity index (χ0v) is 22.4. The largest absolute Gasteiger partial charge is 0.490 e. The fourth-order valence-corrected chi connectivity index (χ4v) is 3.67. The first-order chi connectivity index (χ1) is 17.5. The molecule has 36 heavy (non-hydrogen) atoms. The maximum Gasteiger partial charge on any atom is 0.213 e. The van der Waals surface area contributed by atoms with E-state index in [0.717, 1.165) is 11.1 Å². The van der Waals surface area contributed by atoms with Crippen LogP contribution < -0.4 is 14.2 Å². The molecule has 3 aromatic rings. The van der Waals surface area contributed by atoms with Gasteiger partial charge in [-0.3, -0.25) is 0 Å². The number of benzene rings is 2. The van der Waals surface area contributed by atoms with Crippen molar-refractivity contribution in [3.8, 4) is 17.4 Å². The molecule has 0 saturated carbocycles. The first kappa shape index (κ1) is 27.9. The molecule has 0 spiro atoms. The summed E-state index contributed by atoms with van der Waals surface area (Å²) in [6.07, 6.45) is 3.81. The number of halogens is 4. The average molecular weight is 570 g/mol. The number of rotatable bonds is 13. The van der Waals surface area contributed by atoms with Crippen molar-refractivity contribution in [3.05, 3.63) is 92.5 Å². The minimum atomic E-state index is 0.118. The Kier molecular flexibility index (Phi) is 11.5. The molecule has 0 atom stereocenters. The van der Waals surface area contributed by atoms with E-state index >= 15 is 0 Å². The number of ether oxygens (including phenoxy) is 3. The van der Waals surface area contributed by atoms with Crippen LogP contribution in [-0.2, 0) is 4.84 Å². The van der Waals surface area contributed by atoms with Gasteiger partial charge < -0.3 is 19.0 Å². The van der Waals surface area contributed by atoms with Crippen LogP contribution in [0.2, 0.25) is 10.0 Å². The van der Waals surface area contributed by atoms with E-state index in [1.165, 1.54) is 6.08 Å². The summed E-state index contributed by atoms with van der Waals surface area (Å²) in [5, 5.41) is 4.91. The van der Waals surface area contributed by atoms with Crippen molar-refractivity contribution in [1.29, 1.82) is 0 Å². The highest BCUT2D eigenvalue weighted by molar-refractivity contribution is 6.55. The highest BCUT2D eigenvalue weighted by Gasteiger charge is 2.11. The van der Waals surface area contributed by atoms with Gasteiger partial charge in [-0.1, -0.05) is 81.9 Å². The van der Waals surface area contributed by atoms with Crippen LogP contribution in [0.1, 0.15) is 24.5 Å². The Morgan fingerprint density at radius 3 is 2.28 bits per heavy atom. The molecule has 0 N–H and O–H groups in total. The minimum Gasteiger partial charge on any atom is -0.490 e. The Morgan fingerprint density at radius 1 is 0.917 bits per heavy atom. The summed E-state index contributed by atoms with van der Waals surface area (Å²) in [6.45, 7) is 3.29. The van der Waals surface area contributed by atoms with Crippen molar-refractivity contribution in [2.45, 2.75) is 13.3 Å². The van der Waals surface area contributed by atoms with Gasteiger partial charge in [0.05, 0.1) is 23.3 Å². The predicted molar refractivity (Wildman–Crippen MR) is 145 cm³/mol. The molecule has 0 aliphatic carbocycles. The first-order valence-corrected chi connectivity index (χ1v) is 12.6. The van der Waals surface area contributed by atoms with Crippen molar-refractivity contribution in [2.75, 3.05) is 26.4 Å². The van der Waals surface area contributed by atoms with Gasteiger partial charge >= 0.3 is 0 Å². The molecule has 3 rings (SSSR count). The van der Waals surface area contributed by atoms with Crippen LogP contribution in [0.15, 0.2) is 76.5 Å². The van der Waals surface area contributed by atoms with Gasteiger partial charge in [-0.2, -0.15) is 0 Å². The van der Waals surface area contributed by atoms with Crippen molar-refractivity contribution in [3.63, 3.8) is 0 Å². The molecular formula is C26H24Cl4N2O4. The van der Waals surface area contributed by atoms with Gasteiger partial charge in [-0.25, -0.2) is 4.98 Å². The van der Waals surface area contributed by atoms with Gasteiger partial charge in [0.2, 0.25) is 5.88 Å². The SMILES string of the molecule is CCON=C(c1ccccc1)c1ccc(OCCCOc2c(Cl)cc(OCC=C(Cl)Cl)cc2Cl)nc1. The summed E-state index contributed by atoms with van der Waals surface area (Å²) in [4.78, 5) is 9.68. The third-order valence-electron chi connectivity index (χ3n) is 4.59. The van der Waals surface area contributed by atoms with Crippen molar-refractivity contribution >= 4 is 52.1 Å². The summed E-state index contributed by atoms with van der Waals surface area (Å²) < 4.78 is 17.1. The first-order valence-electron chi connectivity index (χ1n) is 11.1. The zero-order valence-electron chi connectivity index (χ0n) is 19.4. The molecule has 0 aliphatic heterocycles. The Morgan fingerprint density at radius 2 is 1.64 bits per heavy atom. The van der Waals surface area contributed by atoms with Crippen molar-refractivity contribution < 1.29 is 19.0 Å². The molecule has 0 fully saturated rings. The third-order valence-corrected chi connectivity index (χ3v) is 5.46. The lowest BCUT2D eigenvalue weighted by Gasteiger charge is -2.12. The van der Waals surface area contributed by atoms with Crippen LogP contribution in [0.25, 0.3) is 0 Å². The van der Waals surface area contributed by atoms with Crippen molar-refractivity contribution in [1.82, 2.24) is 4.98 Å². The Labute approximate surface area is 230 Å². The number of aromatic nitrogens is 1. The fourth-order valence-electron chi connectivity index (χ4n) is 2.97. The van der Waals surface area contributed by atoms with Crippen molar-refractivity contribution in [2.24, 2.45) is 5.16 Å². The smallest absolute Gasteiger partial charge is 0.213 e. The van der Waals surface area contributed by atoms with Crippen LogP contribution >= 0.6 is 46.4 Å². The number of nitrogens with zero attached hydrogens (tertiary/aromatic N) is 2. The number of pyridine rings is 1. The summed E-state index contributed by atoms with van der Waals surface area (Å²) in [5.74, 6) is 1.34. The van der Waals surface area contributed by atoms with Gasteiger partial charge in [-0.05, 0) is 19.1 Å². The molecule has 1 aromatic heterocycles. The molecule has 190 valence electrons. The van der Waals surface area contributed by atoms with Crippen LogP contribution in [0.4, 0.5) is 0 Å². The summed E-state index contributed by atoms with van der Waals surface area (Å²) in [7, 11) is 0. The number of hydrogen-bond acceptors (Lipinski definition) is 6. The van der Waals surface area contributed by atoms with Crippen LogP contribution in [0.5, 0.6) is 17.4 Å². The van der Waals surface area contributed by atoms with E-state index in [2.05, 4.69) is 10.1 Å². The zero-order chi connectivity index (χ0) is 25.8. The molecule has 10 heteroatoms. The second kappa shape index (κ2) is 14.8. The van der Waals surface area contributed by atoms with Crippen LogP contribution in [-0.4, -0.2) is 37.1 Å². The van der Waals surface area contributed by atoms with Gasteiger partial charge in [-0.15, -0.1) is 0 Å². The van der Waals surface area contributed by atoms with E-state index < -0.39 is 0 Å². The lowest BCUT2D eigenvalue weighted by atomic mass is 10.0. The highest BCUT2D eigenvalue weighted by atomic mass is 35.5. The summed E-state index contributed by atoms with van der Waals surface area (Å²) in [6, 6.07) is 16.7. The second-order valence-corrected chi connectivity index (χ2v) is 9.00. The molecule has 1 heterocycles. The highest BCUT2D eigenvalue weighted by Crippen LogP contribution is 2.37. The van der Waals surface area contributed by atoms with Gasteiger partial charge in [0.15, 0.2) is 5.75 Å². The van der Waals surface area contributed by atoms with E-state index in [9.17, 15) is 0 Å². The van der Waals surface area contributed by atoms with E-state index in [0.29, 0.717) is 59.4 Å². The van der Waals surface area contributed by atoms with E-state index in [4.69, 9.17) is 65.5 Å². The third kappa shape index (κ3) is 8.79. The summed E-state index contributed by atoms with van der Waals surface area (Å²) >= 11 is 23.7. The summed E-state index contributed by atoms with van der Waals surface area (Å²) in [5.41, 5.74) is 2.46. The lowest BCUT2D eigenvalue weighted by molar-refractivity contribution is 0.159. The Balaban J connectivity index is 1.49. The van der Waals surface area contributed by atoms with E-state index in [-0.39, 0.29) is 11.1 Å². The molecule has 0 bridgehead atoms. The maximum absolute atomic E-state index is 6.28. The molecule has 0 aliphatic rings. The van der Waals surface area contributed by atoms with Gasteiger partial charge in [0.1, 0.15) is 29.2 Å². The Hall–Kier alpha value is -2.64. The molecule has 0 saturated heterocycles. The molecule has 0 unspecified atom stereocenters. The monoisotopic (exact) mass is 568 g/mol. The molecular weight excluding hydrogens is 546 g/mol.